The summed E-state index contributed by atoms with van der Waals surface area (Å²) >= 11 is 0. The molecular formula is C13H10F5N3O2. The van der Waals surface area contributed by atoms with Gasteiger partial charge in [0.2, 0.25) is 5.82 Å². The second-order valence-electron chi connectivity index (χ2n) is 4.96. The van der Waals surface area contributed by atoms with E-state index in [2.05, 4.69) is 10.4 Å². The first-order chi connectivity index (χ1) is 10.6. The van der Waals surface area contributed by atoms with Gasteiger partial charge in [0.1, 0.15) is 5.54 Å². The molecule has 1 fully saturated rings. The van der Waals surface area contributed by atoms with Crippen LogP contribution in [-0.2, 0) is 4.79 Å². The summed E-state index contributed by atoms with van der Waals surface area (Å²) in [5.74, 6) is -11.7. The molecule has 0 saturated carbocycles. The fourth-order valence-electron chi connectivity index (χ4n) is 1.86. The smallest absolute Gasteiger partial charge is 0.322 e. The maximum Gasteiger partial charge on any atom is 0.346 e. The van der Waals surface area contributed by atoms with Gasteiger partial charge < -0.3 is 5.32 Å². The van der Waals surface area contributed by atoms with Crippen molar-refractivity contribution in [2.45, 2.75) is 25.8 Å². The molecule has 0 bridgehead atoms. The van der Waals surface area contributed by atoms with Crippen molar-refractivity contribution in [1.29, 1.82) is 0 Å². The van der Waals surface area contributed by atoms with Crippen LogP contribution in [0.4, 0.5) is 26.7 Å². The summed E-state index contributed by atoms with van der Waals surface area (Å²) in [6.07, 6.45) is 0.446. The van der Waals surface area contributed by atoms with E-state index in [4.69, 9.17) is 0 Å². The number of hydrazone groups is 1. The first-order valence-electron chi connectivity index (χ1n) is 6.36. The normalized spacial score (nSPS) is 21.4. The highest BCUT2D eigenvalue weighted by Crippen LogP contribution is 2.23. The Kier molecular flexibility index (Phi) is 4.10. The second-order valence-corrected chi connectivity index (χ2v) is 4.96. The Hall–Kier alpha value is -2.52. The van der Waals surface area contributed by atoms with Crippen LogP contribution >= 0.6 is 0 Å². The molecule has 1 aliphatic rings. The summed E-state index contributed by atoms with van der Waals surface area (Å²) in [6.45, 7) is 3.01. The third kappa shape index (κ3) is 2.53. The molecule has 1 aromatic rings. The Morgan fingerprint density at radius 1 is 1.04 bits per heavy atom. The van der Waals surface area contributed by atoms with E-state index in [0.29, 0.717) is 0 Å². The molecule has 0 radical (unpaired) electrons. The third-order valence-corrected chi connectivity index (χ3v) is 3.49. The Balaban J connectivity index is 2.43. The zero-order chi connectivity index (χ0) is 17.5. The van der Waals surface area contributed by atoms with E-state index in [1.165, 1.54) is 6.92 Å². The number of urea groups is 1. The highest BCUT2D eigenvalue weighted by Gasteiger charge is 2.47. The largest absolute Gasteiger partial charge is 0.346 e. The van der Waals surface area contributed by atoms with Crippen LogP contribution < -0.4 is 5.32 Å². The zero-order valence-corrected chi connectivity index (χ0v) is 11.9. The minimum atomic E-state index is -2.31. The van der Waals surface area contributed by atoms with E-state index < -0.39 is 52.1 Å². The second kappa shape index (κ2) is 5.60. The maximum absolute atomic E-state index is 13.5. The van der Waals surface area contributed by atoms with Crippen molar-refractivity contribution in [2.24, 2.45) is 5.10 Å². The van der Waals surface area contributed by atoms with E-state index in [1.54, 1.807) is 6.92 Å². The fraction of sp³-hybridized carbons (Fsp3) is 0.308. The van der Waals surface area contributed by atoms with Gasteiger partial charge in [-0.05, 0) is 13.3 Å². The zero-order valence-electron chi connectivity index (χ0n) is 11.9. The Morgan fingerprint density at radius 2 is 1.52 bits per heavy atom. The van der Waals surface area contributed by atoms with Crippen LogP contribution in [-0.4, -0.2) is 28.7 Å². The number of hydrogen-bond acceptors (Lipinski definition) is 3. The molecule has 1 atom stereocenters. The molecule has 124 valence electrons. The molecule has 10 heteroatoms. The number of carbonyl (C=O) groups excluding carboxylic acids is 2. The minimum Gasteiger partial charge on any atom is -0.322 e. The van der Waals surface area contributed by atoms with Crippen LogP contribution in [0.3, 0.4) is 0 Å². The van der Waals surface area contributed by atoms with Gasteiger partial charge in [-0.3, -0.25) is 4.79 Å². The monoisotopic (exact) mass is 335 g/mol. The summed E-state index contributed by atoms with van der Waals surface area (Å²) < 4.78 is 66.0. The van der Waals surface area contributed by atoms with Crippen molar-refractivity contribution >= 4 is 18.2 Å². The molecule has 1 N–H and O–H groups in total. The minimum absolute atomic E-state index is 0.214. The Bertz CT molecular complexity index is 708. The number of benzene rings is 1. The standard InChI is InChI=1S/C13H10F5N3O2/c1-3-13(2)11(22)21(12(23)20-13)19-4-5-6(14)8(16)10(18)9(17)7(5)15/h4H,3H2,1-2H3,(H,20,23). The predicted molar refractivity (Wildman–Crippen MR) is 67.9 cm³/mol. The van der Waals surface area contributed by atoms with Gasteiger partial charge in [0.05, 0.1) is 11.8 Å². The summed E-state index contributed by atoms with van der Waals surface area (Å²) in [6, 6.07) is -0.973. The topological polar surface area (TPSA) is 61.8 Å². The number of nitrogens with one attached hydrogen (secondary N) is 1. The molecule has 0 spiro atoms. The van der Waals surface area contributed by atoms with Gasteiger partial charge in [-0.15, -0.1) is 5.01 Å². The van der Waals surface area contributed by atoms with Crippen LogP contribution in [0.1, 0.15) is 25.8 Å². The summed E-state index contributed by atoms with van der Waals surface area (Å²) in [4.78, 5) is 23.6. The van der Waals surface area contributed by atoms with Crippen molar-refractivity contribution in [3.63, 3.8) is 0 Å². The summed E-state index contributed by atoms with van der Waals surface area (Å²) in [7, 11) is 0. The predicted octanol–water partition coefficient (Wildman–Crippen LogP) is 2.44. The van der Waals surface area contributed by atoms with Gasteiger partial charge >= 0.3 is 6.03 Å². The van der Waals surface area contributed by atoms with Crippen LogP contribution in [0.15, 0.2) is 5.10 Å². The molecule has 2 rings (SSSR count). The quantitative estimate of drug-likeness (QED) is 0.303. The molecule has 3 amide bonds. The molecule has 1 aliphatic heterocycles. The summed E-state index contributed by atoms with van der Waals surface area (Å²) in [5.41, 5.74) is -2.61. The van der Waals surface area contributed by atoms with E-state index in [0.717, 1.165) is 0 Å². The van der Waals surface area contributed by atoms with Gasteiger partial charge in [-0.25, -0.2) is 26.7 Å². The number of imide groups is 1. The highest BCUT2D eigenvalue weighted by atomic mass is 19.2. The van der Waals surface area contributed by atoms with Crippen molar-refractivity contribution in [3.8, 4) is 0 Å². The van der Waals surface area contributed by atoms with E-state index >= 15 is 0 Å². The summed E-state index contributed by atoms with van der Waals surface area (Å²) in [5, 5.41) is 5.81. The average molecular weight is 335 g/mol. The maximum atomic E-state index is 13.5. The molecule has 1 aromatic carbocycles. The van der Waals surface area contributed by atoms with Crippen LogP contribution in [0.25, 0.3) is 0 Å². The Morgan fingerprint density at radius 3 is 1.96 bits per heavy atom. The van der Waals surface area contributed by atoms with E-state index in [1.807, 2.05) is 0 Å². The lowest BCUT2D eigenvalue weighted by molar-refractivity contribution is -0.130. The van der Waals surface area contributed by atoms with Crippen molar-refractivity contribution in [1.82, 2.24) is 10.3 Å². The number of hydrogen-bond donors (Lipinski definition) is 1. The first kappa shape index (κ1) is 16.8. The van der Waals surface area contributed by atoms with Gasteiger partial charge in [-0.2, -0.15) is 5.10 Å². The van der Waals surface area contributed by atoms with Gasteiger partial charge in [0, 0.05) is 0 Å². The lowest BCUT2D eigenvalue weighted by atomic mass is 10.00. The number of nitrogens with zero attached hydrogens (tertiary/aromatic N) is 2. The molecule has 23 heavy (non-hydrogen) atoms. The first-order valence-corrected chi connectivity index (χ1v) is 6.36. The van der Waals surface area contributed by atoms with Crippen molar-refractivity contribution in [2.75, 3.05) is 0 Å². The number of halogens is 5. The van der Waals surface area contributed by atoms with Gasteiger partial charge in [-0.1, -0.05) is 6.92 Å². The fourth-order valence-corrected chi connectivity index (χ4v) is 1.86. The number of amides is 3. The molecule has 1 heterocycles. The lowest BCUT2D eigenvalue weighted by Gasteiger charge is -2.17. The van der Waals surface area contributed by atoms with E-state index in [9.17, 15) is 31.5 Å². The van der Waals surface area contributed by atoms with Crippen LogP contribution in [0, 0.1) is 29.1 Å². The number of carbonyl (C=O) groups is 2. The van der Waals surface area contributed by atoms with E-state index in [-0.39, 0.29) is 17.6 Å². The lowest BCUT2D eigenvalue weighted by Crippen LogP contribution is -2.42. The number of rotatable bonds is 3. The van der Waals surface area contributed by atoms with Crippen LogP contribution in [0.5, 0.6) is 0 Å². The van der Waals surface area contributed by atoms with Crippen molar-refractivity contribution < 1.29 is 31.5 Å². The van der Waals surface area contributed by atoms with Gasteiger partial charge in [0.15, 0.2) is 23.3 Å². The highest BCUT2D eigenvalue weighted by molar-refractivity contribution is 6.07. The molecule has 5 nitrogen and oxygen atoms in total. The SMILES string of the molecule is CCC1(C)NC(=O)N(N=Cc2c(F)c(F)c(F)c(F)c2F)C1=O. The third-order valence-electron chi connectivity index (χ3n) is 3.49. The van der Waals surface area contributed by atoms with Gasteiger partial charge in [0.25, 0.3) is 5.91 Å². The van der Waals surface area contributed by atoms with Crippen molar-refractivity contribution in [3.05, 3.63) is 34.6 Å². The van der Waals surface area contributed by atoms with Crippen LogP contribution in [0.2, 0.25) is 0 Å². The molecule has 1 saturated heterocycles. The molecule has 0 aliphatic carbocycles. The molecule has 0 aromatic heterocycles. The average Bonchev–Trinajstić information content (AvgIpc) is 2.74. The molecule has 1 unspecified atom stereocenters. The molecular weight excluding hydrogens is 325 g/mol. The Labute approximate surface area is 126 Å².